The summed E-state index contributed by atoms with van der Waals surface area (Å²) < 4.78 is 0. The summed E-state index contributed by atoms with van der Waals surface area (Å²) in [5, 5.41) is 15.0. The number of rotatable bonds is 5. The highest BCUT2D eigenvalue weighted by atomic mass is 16.6. The summed E-state index contributed by atoms with van der Waals surface area (Å²) >= 11 is 0. The van der Waals surface area contributed by atoms with Crippen LogP contribution in [0.5, 0.6) is 0 Å². The molecule has 2 heterocycles. The Morgan fingerprint density at radius 1 is 1.11 bits per heavy atom. The Labute approximate surface area is 163 Å². The summed E-state index contributed by atoms with van der Waals surface area (Å²) in [6, 6.07) is 16.0. The predicted octanol–water partition coefficient (Wildman–Crippen LogP) is 4.25. The fraction of sp³-hybridized carbons (Fsp3) is 0.238. The van der Waals surface area contributed by atoms with Crippen molar-refractivity contribution >= 4 is 23.0 Å². The molecule has 0 unspecified atom stereocenters. The fourth-order valence-corrected chi connectivity index (χ4v) is 3.50. The van der Waals surface area contributed by atoms with Gasteiger partial charge < -0.3 is 10.2 Å². The maximum absolute atomic E-state index is 11.9. The Bertz CT molecular complexity index is 1000. The van der Waals surface area contributed by atoms with E-state index in [0.717, 1.165) is 18.5 Å². The second-order valence-electron chi connectivity index (χ2n) is 6.77. The van der Waals surface area contributed by atoms with Gasteiger partial charge in [0.2, 0.25) is 11.6 Å². The van der Waals surface area contributed by atoms with Crippen LogP contribution in [0.25, 0.3) is 0 Å². The van der Waals surface area contributed by atoms with E-state index < -0.39 is 4.92 Å². The van der Waals surface area contributed by atoms with Crippen LogP contribution in [0.1, 0.15) is 23.6 Å². The van der Waals surface area contributed by atoms with Crippen LogP contribution in [0, 0.1) is 10.1 Å². The Kier molecular flexibility index (Phi) is 4.89. The van der Waals surface area contributed by atoms with Crippen LogP contribution in [0.4, 0.5) is 23.0 Å². The van der Waals surface area contributed by atoms with Gasteiger partial charge in [-0.15, -0.1) is 0 Å². The minimum atomic E-state index is -0.404. The van der Waals surface area contributed by atoms with Crippen molar-refractivity contribution in [2.75, 3.05) is 16.8 Å². The minimum Gasteiger partial charge on any atom is -0.346 e. The largest absolute Gasteiger partial charge is 0.353 e. The molecule has 1 aliphatic rings. The molecule has 2 aromatic carbocycles. The van der Waals surface area contributed by atoms with Crippen molar-refractivity contribution in [2.45, 2.75) is 26.3 Å². The number of aromatic nitrogens is 2. The molecule has 4 rings (SSSR count). The molecule has 28 heavy (non-hydrogen) atoms. The zero-order valence-electron chi connectivity index (χ0n) is 15.6. The monoisotopic (exact) mass is 375 g/mol. The lowest BCUT2D eigenvalue weighted by atomic mass is 10.00. The minimum absolute atomic E-state index is 0.0959. The van der Waals surface area contributed by atoms with E-state index in [0.29, 0.717) is 18.9 Å². The van der Waals surface area contributed by atoms with Crippen molar-refractivity contribution in [2.24, 2.45) is 0 Å². The second kappa shape index (κ2) is 7.64. The highest BCUT2D eigenvalue weighted by molar-refractivity contribution is 5.74. The summed E-state index contributed by atoms with van der Waals surface area (Å²) in [4.78, 5) is 21.8. The molecule has 1 aromatic heterocycles. The van der Waals surface area contributed by atoms with Gasteiger partial charge in [0.15, 0.2) is 0 Å². The number of anilines is 3. The number of aryl methyl sites for hydroxylation is 1. The quantitative estimate of drug-likeness (QED) is 0.530. The summed E-state index contributed by atoms with van der Waals surface area (Å²) in [5.41, 5.74) is 4.32. The molecule has 0 fully saturated rings. The smallest absolute Gasteiger partial charge is 0.346 e. The molecule has 1 N–H and O–H groups in total. The lowest BCUT2D eigenvalue weighted by Gasteiger charge is -2.29. The van der Waals surface area contributed by atoms with Gasteiger partial charge in [-0.1, -0.05) is 43.3 Å². The molecule has 0 spiro atoms. The molecular weight excluding hydrogens is 354 g/mol. The van der Waals surface area contributed by atoms with Crippen LogP contribution in [-0.2, 0) is 19.4 Å². The van der Waals surface area contributed by atoms with Crippen molar-refractivity contribution < 1.29 is 4.92 Å². The molecule has 7 heteroatoms. The lowest BCUT2D eigenvalue weighted by molar-refractivity contribution is -0.383. The maximum Gasteiger partial charge on any atom is 0.353 e. The number of hydrogen-bond acceptors (Lipinski definition) is 6. The average Bonchev–Trinajstić information content (AvgIpc) is 2.73. The molecular formula is C21H21N5O2. The van der Waals surface area contributed by atoms with E-state index in [2.05, 4.69) is 34.3 Å². The number of hydrogen-bond donors (Lipinski definition) is 1. The van der Waals surface area contributed by atoms with Crippen molar-refractivity contribution in [3.05, 3.63) is 81.7 Å². The van der Waals surface area contributed by atoms with Gasteiger partial charge in [-0.3, -0.25) is 10.1 Å². The van der Waals surface area contributed by atoms with Crippen molar-refractivity contribution in [3.63, 3.8) is 0 Å². The Balaban J connectivity index is 1.67. The standard InChI is InChI=1S/C21H21N5O2/c1-2-15-7-9-18(10-8-15)24-20-19(26(27)28)21(23-14-22-20)25-12-11-16-5-3-4-6-17(16)13-25/h3-10,14H,2,11-13H2,1H3,(H,22,23,24). The van der Waals surface area contributed by atoms with E-state index in [1.165, 1.54) is 23.0 Å². The Hall–Kier alpha value is -3.48. The van der Waals surface area contributed by atoms with Crippen LogP contribution in [0.3, 0.4) is 0 Å². The number of fused-ring (bicyclic) bond motifs is 1. The molecule has 3 aromatic rings. The van der Waals surface area contributed by atoms with E-state index in [1.807, 2.05) is 41.3 Å². The molecule has 0 radical (unpaired) electrons. The first-order valence-electron chi connectivity index (χ1n) is 9.32. The average molecular weight is 375 g/mol. The van der Waals surface area contributed by atoms with E-state index >= 15 is 0 Å². The van der Waals surface area contributed by atoms with Crippen molar-refractivity contribution in [1.82, 2.24) is 9.97 Å². The summed E-state index contributed by atoms with van der Waals surface area (Å²) in [6.07, 6.45) is 3.15. The first kappa shape index (κ1) is 17.9. The van der Waals surface area contributed by atoms with Crippen LogP contribution in [0.15, 0.2) is 54.9 Å². The molecule has 0 amide bonds. The van der Waals surface area contributed by atoms with Crippen molar-refractivity contribution in [1.29, 1.82) is 0 Å². The molecule has 0 aliphatic carbocycles. The van der Waals surface area contributed by atoms with Gasteiger partial charge in [-0.2, -0.15) is 0 Å². The molecule has 0 atom stereocenters. The van der Waals surface area contributed by atoms with E-state index in [9.17, 15) is 10.1 Å². The van der Waals surface area contributed by atoms with Crippen molar-refractivity contribution in [3.8, 4) is 0 Å². The normalized spacial score (nSPS) is 13.1. The van der Waals surface area contributed by atoms with E-state index in [1.54, 1.807) is 0 Å². The molecule has 0 saturated carbocycles. The highest BCUT2D eigenvalue weighted by Gasteiger charge is 2.29. The number of nitrogens with zero attached hydrogens (tertiary/aromatic N) is 4. The number of nitrogens with one attached hydrogen (secondary N) is 1. The SMILES string of the molecule is CCc1ccc(Nc2ncnc(N3CCc4ccccc4C3)c2[N+](=O)[O-])cc1. The maximum atomic E-state index is 11.9. The highest BCUT2D eigenvalue weighted by Crippen LogP contribution is 2.35. The third kappa shape index (κ3) is 3.51. The summed E-state index contributed by atoms with van der Waals surface area (Å²) in [6.45, 7) is 3.36. The van der Waals surface area contributed by atoms with Crippen LogP contribution < -0.4 is 10.2 Å². The Morgan fingerprint density at radius 3 is 2.57 bits per heavy atom. The number of nitro groups is 1. The van der Waals surface area contributed by atoms with Gasteiger partial charge in [-0.05, 0) is 41.7 Å². The molecule has 142 valence electrons. The van der Waals surface area contributed by atoms with E-state index in [4.69, 9.17) is 0 Å². The van der Waals surface area contributed by atoms with Gasteiger partial charge in [0.1, 0.15) is 6.33 Å². The fourth-order valence-electron chi connectivity index (χ4n) is 3.50. The second-order valence-corrected chi connectivity index (χ2v) is 6.77. The molecule has 1 aliphatic heterocycles. The zero-order chi connectivity index (χ0) is 19.5. The van der Waals surface area contributed by atoms with Crippen LogP contribution >= 0.6 is 0 Å². The molecule has 7 nitrogen and oxygen atoms in total. The summed E-state index contributed by atoms with van der Waals surface area (Å²) in [5.74, 6) is 0.556. The summed E-state index contributed by atoms with van der Waals surface area (Å²) in [7, 11) is 0. The van der Waals surface area contributed by atoms with Crippen LogP contribution in [-0.4, -0.2) is 21.4 Å². The van der Waals surface area contributed by atoms with Gasteiger partial charge in [0.05, 0.1) is 4.92 Å². The third-order valence-electron chi connectivity index (χ3n) is 5.04. The molecule has 0 saturated heterocycles. The van der Waals surface area contributed by atoms with Gasteiger partial charge in [-0.25, -0.2) is 9.97 Å². The zero-order valence-corrected chi connectivity index (χ0v) is 15.6. The predicted molar refractivity (Wildman–Crippen MR) is 109 cm³/mol. The molecule has 0 bridgehead atoms. The lowest BCUT2D eigenvalue weighted by Crippen LogP contribution is -2.31. The first-order chi connectivity index (χ1) is 13.7. The van der Waals surface area contributed by atoms with Gasteiger partial charge >= 0.3 is 5.69 Å². The van der Waals surface area contributed by atoms with Gasteiger partial charge in [0.25, 0.3) is 0 Å². The topological polar surface area (TPSA) is 84.2 Å². The first-order valence-corrected chi connectivity index (χ1v) is 9.32. The Morgan fingerprint density at radius 2 is 1.86 bits per heavy atom. The third-order valence-corrected chi connectivity index (χ3v) is 5.04. The number of benzene rings is 2. The van der Waals surface area contributed by atoms with E-state index in [-0.39, 0.29) is 11.5 Å². The van der Waals surface area contributed by atoms with Crippen LogP contribution in [0.2, 0.25) is 0 Å². The van der Waals surface area contributed by atoms with Gasteiger partial charge in [0, 0.05) is 18.8 Å².